The van der Waals surface area contributed by atoms with Crippen LogP contribution in [-0.2, 0) is 32.1 Å². The van der Waals surface area contributed by atoms with Gasteiger partial charge in [-0.1, -0.05) is 56.3 Å². The van der Waals surface area contributed by atoms with Crippen LogP contribution in [0.15, 0.2) is 56.6 Å². The van der Waals surface area contributed by atoms with Crippen LogP contribution in [0, 0.1) is 5.92 Å². The summed E-state index contributed by atoms with van der Waals surface area (Å²) in [5.74, 6) is -4.97. The van der Waals surface area contributed by atoms with Crippen molar-refractivity contribution in [1.82, 2.24) is 31.0 Å². The van der Waals surface area contributed by atoms with Crippen molar-refractivity contribution in [2.45, 2.75) is 70.6 Å². The Bertz CT molecular complexity index is 1660. The number of aromatic nitrogens is 2. The molecule has 1 heterocycles. The summed E-state index contributed by atoms with van der Waals surface area (Å²) < 4.78 is 4.91. The van der Waals surface area contributed by atoms with Gasteiger partial charge in [-0.05, 0) is 42.0 Å². The Kier molecular flexibility index (Phi) is 12.7. The number of nitrogens with zero attached hydrogens (tertiary/aromatic N) is 1. The summed E-state index contributed by atoms with van der Waals surface area (Å²) in [7, 11) is 0. The van der Waals surface area contributed by atoms with Crippen LogP contribution in [0.2, 0.25) is 0 Å². The lowest BCUT2D eigenvalue weighted by Crippen LogP contribution is -2.52. The molecule has 4 amide bonds. The van der Waals surface area contributed by atoms with E-state index in [1.165, 1.54) is 0 Å². The monoisotopic (exact) mass is 642 g/mol. The first-order chi connectivity index (χ1) is 21.9. The molecule has 0 saturated heterocycles. The molecule has 0 aliphatic heterocycles. The molecular formula is C30H38N6O10. The Hall–Kier alpha value is -5.41. The number of carbonyl (C=O) groups excluding carboxylic acids is 3. The van der Waals surface area contributed by atoms with Gasteiger partial charge in [-0.25, -0.2) is 29.0 Å². The maximum absolute atomic E-state index is 13.1. The van der Waals surface area contributed by atoms with Crippen molar-refractivity contribution in [3.8, 4) is 0 Å². The van der Waals surface area contributed by atoms with Gasteiger partial charge in [0.05, 0.1) is 6.54 Å². The number of unbranched alkanes of at least 4 members (excludes halogenated alkanes) is 1. The Labute approximate surface area is 262 Å². The van der Waals surface area contributed by atoms with E-state index in [1.807, 2.05) is 54.7 Å². The number of aromatic amines is 1. The number of benzene rings is 2. The average Bonchev–Trinajstić information content (AvgIpc) is 3.34. The summed E-state index contributed by atoms with van der Waals surface area (Å²) in [6.45, 7) is 3.10. The first kappa shape index (κ1) is 35.1. The Morgan fingerprint density at radius 3 is 2.17 bits per heavy atom. The molecule has 0 unspecified atom stereocenters. The minimum Gasteiger partial charge on any atom is -0.480 e. The lowest BCUT2D eigenvalue weighted by Gasteiger charge is -2.21. The molecule has 0 aliphatic carbocycles. The number of aliphatic carboxylic acids is 2. The number of amides is 4. The molecule has 3 rings (SSSR count). The molecule has 0 radical (unpaired) electrons. The molecule has 0 aliphatic rings. The highest BCUT2D eigenvalue weighted by Gasteiger charge is 2.27. The van der Waals surface area contributed by atoms with Crippen molar-refractivity contribution in [2.24, 2.45) is 5.92 Å². The fraction of sp³-hybridized carbons (Fsp3) is 0.433. The summed E-state index contributed by atoms with van der Waals surface area (Å²) in [4.78, 5) is 85.9. The first-order valence-corrected chi connectivity index (χ1v) is 14.8. The fourth-order valence-corrected chi connectivity index (χ4v) is 4.52. The van der Waals surface area contributed by atoms with Crippen molar-refractivity contribution < 1.29 is 38.7 Å². The van der Waals surface area contributed by atoms with Crippen molar-refractivity contribution in [3.63, 3.8) is 0 Å². The first-order valence-electron chi connectivity index (χ1n) is 14.8. The maximum Gasteiger partial charge on any atom is 0.440 e. The molecule has 1 aromatic heterocycles. The van der Waals surface area contributed by atoms with Gasteiger partial charge in [-0.15, -0.1) is 4.74 Å². The smallest absolute Gasteiger partial charge is 0.440 e. The van der Waals surface area contributed by atoms with E-state index in [0.717, 1.165) is 16.3 Å². The van der Waals surface area contributed by atoms with Gasteiger partial charge in [-0.3, -0.25) is 9.59 Å². The number of nitrogens with one attached hydrogen (secondary N) is 5. The van der Waals surface area contributed by atoms with Gasteiger partial charge >= 0.3 is 29.4 Å². The van der Waals surface area contributed by atoms with Crippen LogP contribution in [0.1, 0.15) is 45.1 Å². The van der Waals surface area contributed by atoms with Crippen molar-refractivity contribution in [2.75, 3.05) is 6.54 Å². The SMILES string of the molecule is CC[C@@H](C)C(=O)N[C@@H](Cc1ccc2ccccc2c1)C(=O)NCCCC[C@H](NC(=O)N[C@@H](Cn1oc(=O)[nH]c1=O)C(=O)O)C(=O)O. The van der Waals surface area contributed by atoms with Gasteiger partial charge in [0, 0.05) is 18.9 Å². The normalized spacial score (nSPS) is 13.6. The lowest BCUT2D eigenvalue weighted by molar-refractivity contribution is -0.140. The number of carbonyl (C=O) groups is 5. The molecule has 16 heteroatoms. The molecule has 2 aromatic carbocycles. The zero-order valence-electron chi connectivity index (χ0n) is 25.4. The van der Waals surface area contributed by atoms with Crippen molar-refractivity contribution in [3.05, 3.63) is 69.1 Å². The summed E-state index contributed by atoms with van der Waals surface area (Å²) in [6.07, 6.45) is 1.43. The number of hydrogen-bond acceptors (Lipinski definition) is 8. The lowest BCUT2D eigenvalue weighted by atomic mass is 10.00. The minimum atomic E-state index is -1.72. The molecule has 7 N–H and O–H groups in total. The van der Waals surface area contributed by atoms with E-state index >= 15 is 0 Å². The van der Waals surface area contributed by atoms with E-state index in [2.05, 4.69) is 20.5 Å². The van der Waals surface area contributed by atoms with E-state index in [4.69, 9.17) is 0 Å². The molecule has 0 bridgehead atoms. The molecule has 3 aromatic rings. The zero-order valence-corrected chi connectivity index (χ0v) is 25.4. The maximum atomic E-state index is 13.1. The highest BCUT2D eigenvalue weighted by atomic mass is 16.5. The van der Waals surface area contributed by atoms with Crippen molar-refractivity contribution >= 4 is 40.6 Å². The van der Waals surface area contributed by atoms with Crippen LogP contribution < -0.4 is 32.7 Å². The second-order valence-electron chi connectivity index (χ2n) is 10.8. The van der Waals surface area contributed by atoms with Crippen LogP contribution in [-0.4, -0.2) is 74.4 Å². The van der Waals surface area contributed by atoms with Gasteiger partial charge in [0.1, 0.15) is 18.1 Å². The number of carboxylic acids is 2. The average molecular weight is 643 g/mol. The molecule has 248 valence electrons. The number of urea groups is 1. The Morgan fingerprint density at radius 2 is 1.54 bits per heavy atom. The van der Waals surface area contributed by atoms with Crippen LogP contribution in [0.4, 0.5) is 4.79 Å². The van der Waals surface area contributed by atoms with E-state index in [9.17, 15) is 43.8 Å². The molecule has 0 spiro atoms. The number of H-pyrrole nitrogens is 1. The van der Waals surface area contributed by atoms with Crippen molar-refractivity contribution in [1.29, 1.82) is 0 Å². The molecular weight excluding hydrogens is 604 g/mol. The number of rotatable bonds is 17. The van der Waals surface area contributed by atoms with E-state index in [1.54, 1.807) is 11.9 Å². The summed E-state index contributed by atoms with van der Waals surface area (Å²) in [6, 6.07) is 8.54. The van der Waals surface area contributed by atoms with Crippen LogP contribution in [0.3, 0.4) is 0 Å². The molecule has 16 nitrogen and oxygen atoms in total. The Balaban J connectivity index is 1.52. The van der Waals surface area contributed by atoms with Gasteiger partial charge < -0.3 is 36.0 Å². The predicted octanol–water partition coefficient (Wildman–Crippen LogP) is 0.549. The predicted molar refractivity (Wildman–Crippen MR) is 164 cm³/mol. The van der Waals surface area contributed by atoms with E-state index < -0.39 is 60.0 Å². The van der Waals surface area contributed by atoms with Gasteiger partial charge in [0.15, 0.2) is 0 Å². The Morgan fingerprint density at radius 1 is 0.870 bits per heavy atom. The van der Waals surface area contributed by atoms with Crippen LogP contribution >= 0.6 is 0 Å². The fourth-order valence-electron chi connectivity index (χ4n) is 4.52. The molecule has 0 saturated carbocycles. The summed E-state index contributed by atoms with van der Waals surface area (Å²) >= 11 is 0. The highest BCUT2D eigenvalue weighted by Crippen LogP contribution is 2.17. The van der Waals surface area contributed by atoms with E-state index in [0.29, 0.717) is 17.6 Å². The number of hydrogen-bond donors (Lipinski definition) is 7. The zero-order chi connectivity index (χ0) is 33.8. The molecule has 0 fully saturated rings. The van der Waals surface area contributed by atoms with E-state index in [-0.39, 0.29) is 37.6 Å². The third kappa shape index (κ3) is 10.3. The number of carboxylic acid groups (broad SMARTS) is 2. The quantitative estimate of drug-likeness (QED) is 0.101. The van der Waals surface area contributed by atoms with Gasteiger partial charge in [0.25, 0.3) is 0 Å². The van der Waals surface area contributed by atoms with Crippen LogP contribution in [0.25, 0.3) is 10.8 Å². The third-order valence-corrected chi connectivity index (χ3v) is 7.35. The minimum absolute atomic E-state index is 0.0478. The van der Waals surface area contributed by atoms with Gasteiger partial charge in [-0.2, -0.15) is 0 Å². The molecule has 46 heavy (non-hydrogen) atoms. The summed E-state index contributed by atoms with van der Waals surface area (Å²) in [5.41, 5.74) is -0.154. The van der Waals surface area contributed by atoms with Crippen LogP contribution in [0.5, 0.6) is 0 Å². The standard InChI is InChI=1S/C30H38N6O10/c1-3-17(2)24(37)32-22(15-18-11-12-19-8-4-5-9-20(19)14-18)25(38)31-13-7-6-10-21(26(39)40)33-28(43)34-23(27(41)42)16-36-29(44)35-30(45)46-36/h4-5,8-9,11-12,14,17,21-23H,3,6-7,10,13,15-16H2,1-2H3,(H,31,38)(H,32,37)(H,39,40)(H,41,42)(H2,33,34,43)(H,35,44,45)/t17-,21+,22+,23+/m1/s1. The molecule has 4 atom stereocenters. The highest BCUT2D eigenvalue weighted by molar-refractivity contribution is 5.89. The second-order valence-corrected chi connectivity index (χ2v) is 10.8. The largest absolute Gasteiger partial charge is 0.480 e. The summed E-state index contributed by atoms with van der Waals surface area (Å²) in [5, 5.41) is 30.8. The third-order valence-electron chi connectivity index (χ3n) is 7.35. The topological polar surface area (TPSA) is 242 Å². The number of fused-ring (bicyclic) bond motifs is 1. The second kappa shape index (κ2) is 16.6. The van der Waals surface area contributed by atoms with Gasteiger partial charge in [0.2, 0.25) is 11.8 Å².